The lowest BCUT2D eigenvalue weighted by Gasteiger charge is -2.29. The van der Waals surface area contributed by atoms with E-state index in [9.17, 15) is 0 Å². The molecule has 1 aliphatic heterocycles. The molecular formula is C16H21N5. The predicted octanol–water partition coefficient (Wildman–Crippen LogP) is 2.26. The van der Waals surface area contributed by atoms with Crippen molar-refractivity contribution in [3.05, 3.63) is 40.9 Å². The van der Waals surface area contributed by atoms with Gasteiger partial charge in [0.15, 0.2) is 0 Å². The Bertz CT molecular complexity index is 653. The van der Waals surface area contributed by atoms with Gasteiger partial charge in [0.2, 0.25) is 0 Å². The summed E-state index contributed by atoms with van der Waals surface area (Å²) in [7, 11) is 0. The van der Waals surface area contributed by atoms with Crippen LogP contribution in [0.15, 0.2) is 12.3 Å². The molecule has 2 aromatic heterocycles. The second kappa shape index (κ2) is 5.76. The Labute approximate surface area is 125 Å². The number of fused-ring (bicyclic) bond motifs is 1. The lowest BCUT2D eigenvalue weighted by atomic mass is 10.1. The molecule has 0 saturated heterocycles. The van der Waals surface area contributed by atoms with Crippen LogP contribution in [0.1, 0.15) is 42.4 Å². The molecule has 0 bridgehead atoms. The van der Waals surface area contributed by atoms with Crippen LogP contribution in [0.5, 0.6) is 0 Å². The van der Waals surface area contributed by atoms with Crippen molar-refractivity contribution in [3.8, 4) is 0 Å². The third kappa shape index (κ3) is 2.86. The Morgan fingerprint density at radius 2 is 2.00 bits per heavy atom. The molecule has 0 aliphatic carbocycles. The van der Waals surface area contributed by atoms with Gasteiger partial charge in [0.05, 0.1) is 12.2 Å². The van der Waals surface area contributed by atoms with Gasteiger partial charge in [-0.3, -0.25) is 0 Å². The molecule has 0 radical (unpaired) electrons. The Balaban J connectivity index is 1.90. The van der Waals surface area contributed by atoms with E-state index in [0.717, 1.165) is 61.2 Å². The molecule has 0 unspecified atom stereocenters. The SMILES string of the molecule is CCc1cc(N2CCc3cnc(CC)nc3C2)nc(C)n1. The highest BCUT2D eigenvalue weighted by Gasteiger charge is 2.20. The van der Waals surface area contributed by atoms with Crippen LogP contribution in [0.25, 0.3) is 0 Å². The van der Waals surface area contributed by atoms with Crippen molar-refractivity contribution in [3.63, 3.8) is 0 Å². The minimum Gasteiger partial charge on any atom is -0.350 e. The molecule has 3 heterocycles. The Morgan fingerprint density at radius 3 is 2.76 bits per heavy atom. The van der Waals surface area contributed by atoms with Gasteiger partial charge in [-0.25, -0.2) is 19.9 Å². The van der Waals surface area contributed by atoms with Crippen LogP contribution in [0.4, 0.5) is 5.82 Å². The number of hydrogen-bond donors (Lipinski definition) is 0. The maximum absolute atomic E-state index is 4.68. The second-order valence-corrected chi connectivity index (χ2v) is 5.40. The molecule has 5 heteroatoms. The van der Waals surface area contributed by atoms with Crippen molar-refractivity contribution in [2.75, 3.05) is 11.4 Å². The summed E-state index contributed by atoms with van der Waals surface area (Å²) in [6, 6.07) is 2.10. The van der Waals surface area contributed by atoms with E-state index in [4.69, 9.17) is 0 Å². The summed E-state index contributed by atoms with van der Waals surface area (Å²) in [6.07, 6.45) is 4.77. The van der Waals surface area contributed by atoms with Gasteiger partial charge in [0.25, 0.3) is 0 Å². The van der Waals surface area contributed by atoms with Crippen LogP contribution in [-0.4, -0.2) is 26.5 Å². The predicted molar refractivity (Wildman–Crippen MR) is 82.3 cm³/mol. The molecule has 3 rings (SSSR count). The molecule has 5 nitrogen and oxygen atoms in total. The van der Waals surface area contributed by atoms with E-state index < -0.39 is 0 Å². The van der Waals surface area contributed by atoms with Crippen molar-refractivity contribution in [1.29, 1.82) is 0 Å². The quantitative estimate of drug-likeness (QED) is 0.865. The largest absolute Gasteiger partial charge is 0.350 e. The smallest absolute Gasteiger partial charge is 0.132 e. The van der Waals surface area contributed by atoms with E-state index in [-0.39, 0.29) is 0 Å². The van der Waals surface area contributed by atoms with E-state index in [1.165, 1.54) is 5.56 Å². The third-order valence-electron chi connectivity index (χ3n) is 3.88. The van der Waals surface area contributed by atoms with Crippen LogP contribution in [0, 0.1) is 6.92 Å². The Morgan fingerprint density at radius 1 is 1.14 bits per heavy atom. The van der Waals surface area contributed by atoms with Gasteiger partial charge < -0.3 is 4.90 Å². The average molecular weight is 283 g/mol. The minimum absolute atomic E-state index is 0.810. The summed E-state index contributed by atoms with van der Waals surface area (Å²) >= 11 is 0. The summed E-state index contributed by atoms with van der Waals surface area (Å²) in [6.45, 7) is 7.94. The van der Waals surface area contributed by atoms with E-state index in [2.05, 4.69) is 44.7 Å². The van der Waals surface area contributed by atoms with Gasteiger partial charge in [-0.05, 0) is 25.3 Å². The normalized spacial score (nSPS) is 14.1. The lowest BCUT2D eigenvalue weighted by molar-refractivity contribution is 0.680. The van der Waals surface area contributed by atoms with E-state index in [0.29, 0.717) is 0 Å². The first-order chi connectivity index (χ1) is 10.2. The molecule has 0 spiro atoms. The minimum atomic E-state index is 0.810. The number of anilines is 1. The molecular weight excluding hydrogens is 262 g/mol. The highest BCUT2D eigenvalue weighted by molar-refractivity contribution is 5.43. The zero-order valence-electron chi connectivity index (χ0n) is 12.9. The topological polar surface area (TPSA) is 54.8 Å². The molecule has 2 aromatic rings. The molecule has 1 aliphatic rings. The maximum Gasteiger partial charge on any atom is 0.132 e. The van der Waals surface area contributed by atoms with E-state index >= 15 is 0 Å². The first-order valence-corrected chi connectivity index (χ1v) is 7.62. The summed E-state index contributed by atoms with van der Waals surface area (Å²) in [5, 5.41) is 0. The Hall–Kier alpha value is -2.04. The van der Waals surface area contributed by atoms with Gasteiger partial charge in [0.1, 0.15) is 17.5 Å². The van der Waals surface area contributed by atoms with Gasteiger partial charge in [0, 0.05) is 30.9 Å². The van der Waals surface area contributed by atoms with Crippen LogP contribution < -0.4 is 4.90 Å². The number of nitrogens with zero attached hydrogens (tertiary/aromatic N) is 5. The number of hydrogen-bond acceptors (Lipinski definition) is 5. The summed E-state index contributed by atoms with van der Waals surface area (Å²) in [4.78, 5) is 20.4. The zero-order valence-corrected chi connectivity index (χ0v) is 12.9. The van der Waals surface area contributed by atoms with Crippen LogP contribution in [0.3, 0.4) is 0 Å². The van der Waals surface area contributed by atoms with Gasteiger partial charge in [-0.15, -0.1) is 0 Å². The van der Waals surface area contributed by atoms with Crippen molar-refractivity contribution < 1.29 is 0 Å². The number of aromatic nitrogens is 4. The zero-order chi connectivity index (χ0) is 14.8. The fourth-order valence-corrected chi connectivity index (χ4v) is 2.67. The van der Waals surface area contributed by atoms with Crippen molar-refractivity contribution >= 4 is 5.82 Å². The van der Waals surface area contributed by atoms with Crippen molar-refractivity contribution in [2.24, 2.45) is 0 Å². The van der Waals surface area contributed by atoms with Crippen molar-refractivity contribution in [1.82, 2.24) is 19.9 Å². The molecule has 0 atom stereocenters. The summed E-state index contributed by atoms with van der Waals surface area (Å²) in [5.41, 5.74) is 3.51. The first kappa shape index (κ1) is 13.9. The fraction of sp³-hybridized carbons (Fsp3) is 0.500. The molecule has 0 fully saturated rings. The van der Waals surface area contributed by atoms with Gasteiger partial charge >= 0.3 is 0 Å². The molecule has 0 saturated carbocycles. The Kier molecular flexibility index (Phi) is 3.82. The van der Waals surface area contributed by atoms with E-state index in [1.54, 1.807) is 0 Å². The fourth-order valence-electron chi connectivity index (χ4n) is 2.67. The second-order valence-electron chi connectivity index (χ2n) is 5.40. The van der Waals surface area contributed by atoms with Gasteiger partial charge in [-0.2, -0.15) is 0 Å². The van der Waals surface area contributed by atoms with Crippen LogP contribution in [-0.2, 0) is 25.8 Å². The molecule has 110 valence electrons. The van der Waals surface area contributed by atoms with Crippen molar-refractivity contribution in [2.45, 2.75) is 46.6 Å². The highest BCUT2D eigenvalue weighted by atomic mass is 15.2. The van der Waals surface area contributed by atoms with Gasteiger partial charge in [-0.1, -0.05) is 13.8 Å². The lowest BCUT2D eigenvalue weighted by Crippen LogP contribution is -2.32. The summed E-state index contributed by atoms with van der Waals surface area (Å²) < 4.78 is 0. The summed E-state index contributed by atoms with van der Waals surface area (Å²) in [5.74, 6) is 2.78. The van der Waals surface area contributed by atoms with Crippen LogP contribution in [0.2, 0.25) is 0 Å². The highest BCUT2D eigenvalue weighted by Crippen LogP contribution is 2.22. The molecule has 0 N–H and O–H groups in total. The average Bonchev–Trinajstić information content (AvgIpc) is 2.53. The monoisotopic (exact) mass is 283 g/mol. The third-order valence-corrected chi connectivity index (χ3v) is 3.88. The van der Waals surface area contributed by atoms with Crippen LogP contribution >= 0.6 is 0 Å². The molecule has 0 aromatic carbocycles. The first-order valence-electron chi connectivity index (χ1n) is 7.62. The number of aryl methyl sites for hydroxylation is 3. The molecule has 21 heavy (non-hydrogen) atoms. The molecule has 0 amide bonds. The van der Waals surface area contributed by atoms with E-state index in [1.807, 2.05) is 13.1 Å². The maximum atomic E-state index is 4.68. The number of rotatable bonds is 3. The standard InChI is InChI=1S/C16H21N5/c1-4-13-8-16(19-11(3)18-13)21-7-6-12-9-17-15(5-2)20-14(12)10-21/h8-9H,4-7,10H2,1-3H3.